The summed E-state index contributed by atoms with van der Waals surface area (Å²) in [5, 5.41) is 13.1. The van der Waals surface area contributed by atoms with Crippen LogP contribution in [0.3, 0.4) is 0 Å². The molecule has 0 fully saturated rings. The third-order valence-corrected chi connectivity index (χ3v) is 4.27. The molecule has 2 amide bonds. The number of urea groups is 1. The summed E-state index contributed by atoms with van der Waals surface area (Å²) in [5.41, 5.74) is -5.85. The van der Waals surface area contributed by atoms with Crippen molar-refractivity contribution in [1.82, 2.24) is 10.3 Å². The number of aliphatic hydroxyl groups is 1. The minimum atomic E-state index is -5.11. The summed E-state index contributed by atoms with van der Waals surface area (Å²) in [7, 11) is 0. The van der Waals surface area contributed by atoms with E-state index in [0.29, 0.717) is 25.3 Å². The minimum absolute atomic E-state index is 0.0568. The summed E-state index contributed by atoms with van der Waals surface area (Å²) in [5.74, 6) is -1.34. The number of anilines is 1. The zero-order valence-corrected chi connectivity index (χ0v) is 15.7. The number of aromatic nitrogens is 1. The number of nitrogens with zero attached hydrogens (tertiary/aromatic N) is 1. The Balaban J connectivity index is 2.08. The number of rotatable bonds is 4. The van der Waals surface area contributed by atoms with E-state index in [2.05, 4.69) is 10.3 Å². The van der Waals surface area contributed by atoms with Crippen LogP contribution in [0.2, 0.25) is 5.02 Å². The van der Waals surface area contributed by atoms with Gasteiger partial charge < -0.3 is 15.7 Å². The van der Waals surface area contributed by atoms with Crippen LogP contribution in [-0.2, 0) is 18.3 Å². The van der Waals surface area contributed by atoms with Crippen LogP contribution in [0.25, 0.3) is 0 Å². The van der Waals surface area contributed by atoms with Crippen molar-refractivity contribution >= 4 is 23.3 Å². The van der Waals surface area contributed by atoms with Gasteiger partial charge >= 0.3 is 18.4 Å². The highest BCUT2D eigenvalue weighted by Gasteiger charge is 2.51. The molecule has 2 rings (SSSR count). The van der Waals surface area contributed by atoms with Crippen LogP contribution in [0.4, 0.5) is 41.2 Å². The molecule has 30 heavy (non-hydrogen) atoms. The second kappa shape index (κ2) is 8.26. The molecule has 0 aliphatic rings. The number of halogens is 8. The lowest BCUT2D eigenvalue weighted by Crippen LogP contribution is -2.39. The Hall–Kier alpha value is -2.60. The highest BCUT2D eigenvalue weighted by Crippen LogP contribution is 2.41. The fourth-order valence-corrected chi connectivity index (χ4v) is 2.42. The second-order valence-electron chi connectivity index (χ2n) is 6.23. The van der Waals surface area contributed by atoms with Crippen LogP contribution < -0.4 is 10.6 Å². The van der Waals surface area contributed by atoms with Crippen LogP contribution in [0.5, 0.6) is 0 Å². The van der Waals surface area contributed by atoms with E-state index in [-0.39, 0.29) is 12.2 Å². The van der Waals surface area contributed by atoms with Crippen molar-refractivity contribution in [2.45, 2.75) is 31.4 Å². The summed E-state index contributed by atoms with van der Waals surface area (Å²) >= 11 is 5.73. The van der Waals surface area contributed by atoms with E-state index in [0.717, 1.165) is 12.1 Å². The summed E-state index contributed by atoms with van der Waals surface area (Å²) in [6.45, 7) is 0.0824. The molecule has 0 spiro atoms. The first-order valence-corrected chi connectivity index (χ1v) is 8.36. The predicted molar refractivity (Wildman–Crippen MR) is 92.1 cm³/mol. The van der Waals surface area contributed by atoms with Crippen molar-refractivity contribution in [3.8, 4) is 0 Å². The minimum Gasteiger partial charge on any atom is -0.376 e. The van der Waals surface area contributed by atoms with E-state index in [1.54, 1.807) is 0 Å². The monoisotopic (exact) mass is 459 g/mol. The number of alkyl halides is 6. The van der Waals surface area contributed by atoms with Gasteiger partial charge in [0.1, 0.15) is 5.82 Å². The summed E-state index contributed by atoms with van der Waals surface area (Å²) in [4.78, 5) is 15.4. The number of benzene rings is 1. The van der Waals surface area contributed by atoms with Gasteiger partial charge in [-0.1, -0.05) is 11.6 Å². The van der Waals surface area contributed by atoms with Crippen molar-refractivity contribution in [3.63, 3.8) is 0 Å². The predicted octanol–water partition coefficient (Wildman–Crippen LogP) is 4.98. The van der Waals surface area contributed by atoms with E-state index < -0.39 is 51.6 Å². The van der Waals surface area contributed by atoms with E-state index in [9.17, 15) is 40.6 Å². The number of carbonyl (C=O) groups excluding carboxylic acids is 1. The first-order chi connectivity index (χ1) is 13.6. The zero-order chi connectivity index (χ0) is 22.9. The van der Waals surface area contributed by atoms with Crippen molar-refractivity contribution in [3.05, 3.63) is 58.1 Å². The zero-order valence-electron chi connectivity index (χ0n) is 14.9. The Kier molecular flexibility index (Phi) is 6.52. The average Bonchev–Trinajstić information content (AvgIpc) is 2.61. The number of carbonyl (C=O) groups is 1. The molecule has 1 unspecified atom stereocenters. The van der Waals surface area contributed by atoms with Gasteiger partial charge in [-0.15, -0.1) is 0 Å². The summed E-state index contributed by atoms with van der Waals surface area (Å²) in [6, 6.07) is 1.74. The highest BCUT2D eigenvalue weighted by molar-refractivity contribution is 6.33. The lowest BCUT2D eigenvalue weighted by molar-refractivity contribution is -0.258. The largest absolute Gasteiger partial charge is 0.421 e. The number of hydrogen-bond acceptors (Lipinski definition) is 3. The van der Waals surface area contributed by atoms with Gasteiger partial charge in [0.15, 0.2) is 5.60 Å². The first kappa shape index (κ1) is 23.7. The van der Waals surface area contributed by atoms with Crippen molar-refractivity contribution in [2.24, 2.45) is 0 Å². The summed E-state index contributed by atoms with van der Waals surface area (Å²) in [6.07, 6.45) is -9.12. The Morgan fingerprint density at radius 2 is 1.77 bits per heavy atom. The van der Waals surface area contributed by atoms with Gasteiger partial charge in [0.05, 0.1) is 28.5 Å². The highest BCUT2D eigenvalue weighted by atomic mass is 35.5. The second-order valence-corrected chi connectivity index (χ2v) is 6.64. The van der Waals surface area contributed by atoms with Crippen molar-refractivity contribution < 1.29 is 40.6 Å². The van der Waals surface area contributed by atoms with Crippen LogP contribution >= 0.6 is 11.6 Å². The molecule has 0 aliphatic heterocycles. The smallest absolute Gasteiger partial charge is 0.376 e. The molecular formula is C17H13ClF7N3O2. The maximum absolute atomic E-state index is 14.2. The van der Waals surface area contributed by atoms with Crippen LogP contribution in [0, 0.1) is 5.82 Å². The van der Waals surface area contributed by atoms with Crippen molar-refractivity contribution in [1.29, 1.82) is 0 Å². The van der Waals surface area contributed by atoms with Crippen molar-refractivity contribution in [2.75, 3.05) is 5.32 Å². The van der Waals surface area contributed by atoms with E-state index in [4.69, 9.17) is 11.6 Å². The molecular weight excluding hydrogens is 447 g/mol. The van der Waals surface area contributed by atoms with Gasteiger partial charge in [-0.05, 0) is 36.8 Å². The third-order valence-electron chi connectivity index (χ3n) is 3.98. The van der Waals surface area contributed by atoms with Gasteiger partial charge in [-0.25, -0.2) is 9.18 Å². The average molecular weight is 460 g/mol. The Morgan fingerprint density at radius 3 is 2.23 bits per heavy atom. The number of pyridine rings is 1. The lowest BCUT2D eigenvalue weighted by Gasteiger charge is -2.27. The molecule has 0 aliphatic carbocycles. The number of nitrogens with one attached hydrogen (secondary N) is 2. The quantitative estimate of drug-likeness (QED) is 0.564. The Bertz CT molecular complexity index is 905. The molecule has 0 saturated carbocycles. The number of amides is 2. The van der Waals surface area contributed by atoms with E-state index in [1.807, 2.05) is 5.32 Å². The molecule has 0 bridgehead atoms. The molecule has 3 N–H and O–H groups in total. The van der Waals surface area contributed by atoms with Crippen LogP contribution in [-0.4, -0.2) is 22.3 Å². The van der Waals surface area contributed by atoms with E-state index >= 15 is 0 Å². The molecule has 0 saturated heterocycles. The molecule has 164 valence electrons. The maximum atomic E-state index is 14.2. The summed E-state index contributed by atoms with van der Waals surface area (Å²) < 4.78 is 90.2. The Morgan fingerprint density at radius 1 is 1.13 bits per heavy atom. The fraction of sp³-hybridized carbons (Fsp3) is 0.294. The molecule has 2 aromatic rings. The van der Waals surface area contributed by atoms with Gasteiger partial charge in [0.25, 0.3) is 0 Å². The standard InChI is InChI=1S/C17H13ClF7N3O2/c1-15(30,17(23,24)25)9-4-11(18)13(12(19)5-9)28-14(29)27-7-10-3-2-8(6-26-10)16(20,21)22/h2-6,30H,7H2,1H3,(H2,27,28,29). The SMILES string of the molecule is CC(O)(c1cc(F)c(NC(=O)NCc2ccc(C(F)(F)F)cn2)c(Cl)c1)C(F)(F)F. The van der Waals surface area contributed by atoms with Crippen LogP contribution in [0.15, 0.2) is 30.5 Å². The molecule has 13 heteroatoms. The fourth-order valence-electron chi connectivity index (χ4n) is 2.16. The topological polar surface area (TPSA) is 74.2 Å². The molecule has 1 aromatic heterocycles. The van der Waals surface area contributed by atoms with Gasteiger partial charge in [-0.2, -0.15) is 26.3 Å². The first-order valence-electron chi connectivity index (χ1n) is 7.98. The Labute approximate surface area is 169 Å². The molecule has 0 radical (unpaired) electrons. The van der Waals surface area contributed by atoms with Gasteiger partial charge in [0.2, 0.25) is 0 Å². The molecule has 5 nitrogen and oxygen atoms in total. The third kappa shape index (κ3) is 5.30. The lowest BCUT2D eigenvalue weighted by atomic mass is 9.95. The molecule has 1 atom stereocenters. The van der Waals surface area contributed by atoms with Gasteiger partial charge in [-0.3, -0.25) is 4.98 Å². The van der Waals surface area contributed by atoms with Gasteiger partial charge in [0, 0.05) is 6.20 Å². The molecule has 1 aromatic carbocycles. The normalized spacial score (nSPS) is 14.2. The molecule has 1 heterocycles. The maximum Gasteiger partial charge on any atom is 0.421 e. The van der Waals surface area contributed by atoms with E-state index in [1.165, 1.54) is 0 Å². The number of hydrogen-bond donors (Lipinski definition) is 3. The van der Waals surface area contributed by atoms with Crippen LogP contribution in [0.1, 0.15) is 23.7 Å².